The van der Waals surface area contributed by atoms with Crippen molar-refractivity contribution in [1.82, 2.24) is 9.21 Å². The Balaban J connectivity index is 2.54. The molecule has 1 aliphatic rings. The molecule has 0 unspecified atom stereocenters. The van der Waals surface area contributed by atoms with Crippen LogP contribution in [0.5, 0.6) is 0 Å². The van der Waals surface area contributed by atoms with Gasteiger partial charge in [0.1, 0.15) is 6.54 Å². The minimum Gasteiger partial charge on any atom is -0.480 e. The number of sulfonamides is 1. The molecule has 1 amide bonds. The summed E-state index contributed by atoms with van der Waals surface area (Å²) in [7, 11) is -0.851. The average molecular weight is 397 g/mol. The SMILES string of the molecule is CCN(CC(=O)O)C(=O)c1cc(S(=O)(=O)N(C)C)ccc1N1CCCCC1. The quantitative estimate of drug-likeness (QED) is 0.748. The minimum atomic E-state index is -3.71. The zero-order chi connectivity index (χ0) is 20.2. The van der Waals surface area contributed by atoms with E-state index in [4.69, 9.17) is 5.11 Å². The van der Waals surface area contributed by atoms with Gasteiger partial charge in [-0.3, -0.25) is 9.59 Å². The van der Waals surface area contributed by atoms with Gasteiger partial charge in [-0.25, -0.2) is 12.7 Å². The van der Waals surface area contributed by atoms with Crippen molar-refractivity contribution in [2.75, 3.05) is 45.2 Å². The van der Waals surface area contributed by atoms with E-state index in [0.717, 1.165) is 36.7 Å². The molecule has 1 saturated heterocycles. The molecule has 9 heteroatoms. The second-order valence-electron chi connectivity index (χ2n) is 6.73. The summed E-state index contributed by atoms with van der Waals surface area (Å²) < 4.78 is 26.1. The Kier molecular flexibility index (Phi) is 6.83. The number of carbonyl (C=O) groups excluding carboxylic acids is 1. The van der Waals surface area contributed by atoms with Crippen LogP contribution in [0.1, 0.15) is 36.5 Å². The van der Waals surface area contributed by atoms with Gasteiger partial charge in [0, 0.05) is 39.4 Å². The van der Waals surface area contributed by atoms with Crippen LogP contribution in [0.4, 0.5) is 5.69 Å². The van der Waals surface area contributed by atoms with Gasteiger partial charge < -0.3 is 14.9 Å². The van der Waals surface area contributed by atoms with Crippen molar-refractivity contribution in [3.8, 4) is 0 Å². The molecule has 1 aromatic carbocycles. The molecule has 8 nitrogen and oxygen atoms in total. The Hall–Kier alpha value is -2.13. The van der Waals surface area contributed by atoms with Crippen LogP contribution in [0.15, 0.2) is 23.1 Å². The normalized spacial score (nSPS) is 15.0. The standard InChI is InChI=1S/C18H27N3O5S/c1-4-20(13-17(22)23)18(24)15-12-14(27(25,26)19(2)3)8-9-16(15)21-10-6-5-7-11-21/h8-9,12H,4-7,10-11,13H2,1-3H3,(H,22,23). The number of hydrogen-bond donors (Lipinski definition) is 1. The van der Waals surface area contributed by atoms with E-state index in [1.165, 1.54) is 31.1 Å². The number of carbonyl (C=O) groups is 2. The molecule has 1 aromatic rings. The second-order valence-corrected chi connectivity index (χ2v) is 8.88. The van der Waals surface area contributed by atoms with E-state index in [1.807, 2.05) is 0 Å². The van der Waals surface area contributed by atoms with Crippen molar-refractivity contribution in [2.24, 2.45) is 0 Å². The fourth-order valence-electron chi connectivity index (χ4n) is 3.13. The number of benzene rings is 1. The average Bonchev–Trinajstić information content (AvgIpc) is 2.65. The van der Waals surface area contributed by atoms with Crippen LogP contribution in [-0.4, -0.2) is 74.9 Å². The Labute approximate surface area is 160 Å². The lowest BCUT2D eigenvalue weighted by Crippen LogP contribution is -2.38. The summed E-state index contributed by atoms with van der Waals surface area (Å²) in [6.07, 6.45) is 3.11. The molecule has 1 fully saturated rings. The number of nitrogens with zero attached hydrogens (tertiary/aromatic N) is 3. The maximum atomic E-state index is 13.1. The molecule has 0 atom stereocenters. The van der Waals surface area contributed by atoms with Gasteiger partial charge in [0.2, 0.25) is 10.0 Å². The number of likely N-dealkylation sites (N-methyl/N-ethyl adjacent to an activating group) is 1. The van der Waals surface area contributed by atoms with Gasteiger partial charge in [-0.05, 0) is 44.4 Å². The highest BCUT2D eigenvalue weighted by atomic mass is 32.2. The van der Waals surface area contributed by atoms with Gasteiger partial charge in [0.25, 0.3) is 5.91 Å². The zero-order valence-electron chi connectivity index (χ0n) is 16.0. The number of piperidine rings is 1. The maximum absolute atomic E-state index is 13.1. The van der Waals surface area contributed by atoms with Crippen LogP contribution in [0, 0.1) is 0 Å². The molecule has 0 saturated carbocycles. The lowest BCUT2D eigenvalue weighted by Gasteiger charge is -2.31. The molecule has 2 rings (SSSR count). The third-order valence-corrected chi connectivity index (χ3v) is 6.48. The number of hydrogen-bond acceptors (Lipinski definition) is 5. The maximum Gasteiger partial charge on any atom is 0.323 e. The predicted octanol–water partition coefficient (Wildman–Crippen LogP) is 1.47. The molecule has 0 aromatic heterocycles. The van der Waals surface area contributed by atoms with Crippen molar-refractivity contribution < 1.29 is 23.1 Å². The first-order valence-corrected chi connectivity index (χ1v) is 10.4. The second kappa shape index (κ2) is 8.71. The molecule has 0 spiro atoms. The Bertz CT molecular complexity index is 801. The van der Waals surface area contributed by atoms with Crippen LogP contribution in [-0.2, 0) is 14.8 Å². The minimum absolute atomic E-state index is 0.0167. The van der Waals surface area contributed by atoms with E-state index in [2.05, 4.69) is 4.90 Å². The van der Waals surface area contributed by atoms with Crippen LogP contribution >= 0.6 is 0 Å². The van der Waals surface area contributed by atoms with Crippen molar-refractivity contribution in [1.29, 1.82) is 0 Å². The summed E-state index contributed by atoms with van der Waals surface area (Å²) in [6.45, 7) is 3.05. The fourth-order valence-corrected chi connectivity index (χ4v) is 4.06. The highest BCUT2D eigenvalue weighted by molar-refractivity contribution is 7.89. The van der Waals surface area contributed by atoms with Gasteiger partial charge in [0.05, 0.1) is 10.5 Å². The molecule has 27 heavy (non-hydrogen) atoms. The Morgan fingerprint density at radius 1 is 1.15 bits per heavy atom. The summed E-state index contributed by atoms with van der Waals surface area (Å²) >= 11 is 0. The van der Waals surface area contributed by atoms with E-state index >= 15 is 0 Å². The number of anilines is 1. The number of carboxylic acids is 1. The predicted molar refractivity (Wildman–Crippen MR) is 103 cm³/mol. The zero-order valence-corrected chi connectivity index (χ0v) is 16.8. The van der Waals surface area contributed by atoms with E-state index in [9.17, 15) is 18.0 Å². The van der Waals surface area contributed by atoms with Gasteiger partial charge in [-0.15, -0.1) is 0 Å². The highest BCUT2D eigenvalue weighted by Gasteiger charge is 2.26. The molecule has 1 N–H and O–H groups in total. The molecule has 0 bridgehead atoms. The van der Waals surface area contributed by atoms with E-state index in [0.29, 0.717) is 5.69 Å². The third kappa shape index (κ3) is 4.78. The van der Waals surface area contributed by atoms with E-state index < -0.39 is 28.4 Å². The van der Waals surface area contributed by atoms with E-state index in [-0.39, 0.29) is 17.0 Å². The molecule has 1 aliphatic heterocycles. The molecule has 150 valence electrons. The fraction of sp³-hybridized carbons (Fsp3) is 0.556. The largest absolute Gasteiger partial charge is 0.480 e. The van der Waals surface area contributed by atoms with Crippen molar-refractivity contribution >= 4 is 27.6 Å². The van der Waals surface area contributed by atoms with Crippen molar-refractivity contribution in [3.05, 3.63) is 23.8 Å². The summed E-state index contributed by atoms with van der Waals surface area (Å²) in [5.41, 5.74) is 0.879. The van der Waals surface area contributed by atoms with Gasteiger partial charge in [0.15, 0.2) is 0 Å². The van der Waals surface area contributed by atoms with Gasteiger partial charge >= 0.3 is 5.97 Å². The molecular weight excluding hydrogens is 370 g/mol. The molecular formula is C18H27N3O5S. The molecule has 1 heterocycles. The summed E-state index contributed by atoms with van der Waals surface area (Å²) in [5, 5.41) is 9.08. The van der Waals surface area contributed by atoms with Crippen molar-refractivity contribution in [3.63, 3.8) is 0 Å². The topological polar surface area (TPSA) is 98.2 Å². The first-order chi connectivity index (χ1) is 12.7. The van der Waals surface area contributed by atoms with E-state index in [1.54, 1.807) is 13.0 Å². The molecule has 0 radical (unpaired) electrons. The van der Waals surface area contributed by atoms with Crippen LogP contribution in [0.3, 0.4) is 0 Å². The van der Waals surface area contributed by atoms with Gasteiger partial charge in [-0.2, -0.15) is 0 Å². The van der Waals surface area contributed by atoms with Crippen molar-refractivity contribution in [2.45, 2.75) is 31.1 Å². The number of carboxylic acid groups (broad SMARTS) is 1. The third-order valence-electron chi connectivity index (χ3n) is 4.67. The lowest BCUT2D eigenvalue weighted by molar-refractivity contribution is -0.137. The first kappa shape index (κ1) is 21.2. The monoisotopic (exact) mass is 397 g/mol. The summed E-state index contributed by atoms with van der Waals surface area (Å²) in [4.78, 5) is 27.4. The summed E-state index contributed by atoms with van der Waals surface area (Å²) in [5.74, 6) is -1.59. The van der Waals surface area contributed by atoms with Crippen LogP contribution < -0.4 is 4.90 Å². The first-order valence-electron chi connectivity index (χ1n) is 9.01. The van der Waals surface area contributed by atoms with Crippen LogP contribution in [0.25, 0.3) is 0 Å². The van der Waals surface area contributed by atoms with Crippen LogP contribution in [0.2, 0.25) is 0 Å². The Morgan fingerprint density at radius 3 is 2.30 bits per heavy atom. The lowest BCUT2D eigenvalue weighted by atomic mass is 10.1. The molecule has 0 aliphatic carbocycles. The summed E-state index contributed by atoms with van der Waals surface area (Å²) in [6, 6.07) is 4.53. The van der Waals surface area contributed by atoms with Gasteiger partial charge in [-0.1, -0.05) is 0 Å². The highest BCUT2D eigenvalue weighted by Crippen LogP contribution is 2.29. The Morgan fingerprint density at radius 2 is 1.78 bits per heavy atom. The smallest absolute Gasteiger partial charge is 0.323 e. The number of amides is 1. The number of rotatable bonds is 7. The number of aliphatic carboxylic acids is 1.